The van der Waals surface area contributed by atoms with E-state index in [9.17, 15) is 14.0 Å². The summed E-state index contributed by atoms with van der Waals surface area (Å²) in [6.45, 7) is 13.7. The first kappa shape index (κ1) is 29.4. The molecule has 0 unspecified atom stereocenters. The molecule has 0 bridgehead atoms. The summed E-state index contributed by atoms with van der Waals surface area (Å²) in [6.07, 6.45) is 4.70. The van der Waals surface area contributed by atoms with Gasteiger partial charge in [-0.15, -0.1) is 0 Å². The van der Waals surface area contributed by atoms with Gasteiger partial charge in [0.05, 0.1) is 11.3 Å². The summed E-state index contributed by atoms with van der Waals surface area (Å²) < 4.78 is 20.1. The molecular weight excluding hydrogens is 509 g/mol. The molecular formula is C31H40FN5O3. The quantitative estimate of drug-likeness (QED) is 0.407. The summed E-state index contributed by atoms with van der Waals surface area (Å²) in [6, 6.07) is 7.90. The summed E-state index contributed by atoms with van der Waals surface area (Å²) in [5.74, 6) is 0.130. The molecule has 1 aliphatic rings. The van der Waals surface area contributed by atoms with Gasteiger partial charge in [-0.05, 0) is 80.6 Å². The smallest absolute Gasteiger partial charge is 0.259 e. The Bertz CT molecular complexity index is 1310. The minimum absolute atomic E-state index is 0.00250. The third kappa shape index (κ3) is 6.94. The molecule has 0 spiro atoms. The van der Waals surface area contributed by atoms with E-state index in [0.717, 1.165) is 32.5 Å². The Hall–Kier alpha value is -3.59. The van der Waals surface area contributed by atoms with E-state index < -0.39 is 5.82 Å². The molecule has 0 radical (unpaired) electrons. The van der Waals surface area contributed by atoms with Crippen molar-refractivity contribution in [1.82, 2.24) is 19.9 Å². The van der Waals surface area contributed by atoms with Gasteiger partial charge in [0, 0.05) is 44.3 Å². The lowest BCUT2D eigenvalue weighted by molar-refractivity contribution is 0.0730. The zero-order valence-corrected chi connectivity index (χ0v) is 24.2. The number of aryl methyl sites for hydroxylation is 1. The van der Waals surface area contributed by atoms with Crippen LogP contribution in [0.5, 0.6) is 0 Å². The number of aromatic nitrogens is 2. The maximum atomic E-state index is 14.7. The van der Waals surface area contributed by atoms with Crippen molar-refractivity contribution in [2.75, 3.05) is 37.6 Å². The molecule has 0 saturated heterocycles. The Balaban J connectivity index is 1.77. The highest BCUT2D eigenvalue weighted by atomic mass is 19.1. The molecule has 0 fully saturated rings. The van der Waals surface area contributed by atoms with Crippen LogP contribution in [0.4, 0.5) is 10.1 Å². The van der Waals surface area contributed by atoms with Crippen LogP contribution >= 0.6 is 0 Å². The number of benzene rings is 1. The van der Waals surface area contributed by atoms with Gasteiger partial charge < -0.3 is 19.2 Å². The first-order valence-electron chi connectivity index (χ1n) is 14.1. The molecule has 0 aliphatic carbocycles. The van der Waals surface area contributed by atoms with E-state index in [-0.39, 0.29) is 24.3 Å². The predicted molar refractivity (Wildman–Crippen MR) is 153 cm³/mol. The van der Waals surface area contributed by atoms with E-state index in [4.69, 9.17) is 4.52 Å². The molecule has 40 heavy (non-hydrogen) atoms. The highest BCUT2D eigenvalue weighted by Gasteiger charge is 2.29. The monoisotopic (exact) mass is 549 g/mol. The van der Waals surface area contributed by atoms with Crippen LogP contribution in [0.2, 0.25) is 0 Å². The fraction of sp³-hybridized carbons (Fsp3) is 0.484. The molecule has 4 rings (SSSR count). The van der Waals surface area contributed by atoms with Crippen molar-refractivity contribution >= 4 is 17.5 Å². The lowest BCUT2D eigenvalue weighted by atomic mass is 10.0. The number of pyridine rings is 1. The van der Waals surface area contributed by atoms with Crippen molar-refractivity contribution in [1.29, 1.82) is 0 Å². The maximum Gasteiger partial charge on any atom is 0.259 e. The first-order valence-corrected chi connectivity index (χ1v) is 14.1. The second-order valence-corrected chi connectivity index (χ2v) is 11.3. The Morgan fingerprint density at radius 1 is 1.02 bits per heavy atom. The van der Waals surface area contributed by atoms with Crippen molar-refractivity contribution in [3.63, 3.8) is 0 Å². The molecule has 9 heteroatoms. The Labute approximate surface area is 236 Å². The standard InChI is InChI=1S/C31H40FN5O3/c1-21(2)19-35-13-7-15-36(31(39)28-23(5)40-34-29(28)22(3)4)20-25-17-26(32)10-11-27(25)37(16-8-14-35)30(38)24-9-6-12-33-18-24/h6,9-12,17-18,21-22H,7-8,13-16,19-20H2,1-5H3. The highest BCUT2D eigenvalue weighted by molar-refractivity contribution is 6.06. The van der Waals surface area contributed by atoms with E-state index in [1.807, 2.05) is 13.8 Å². The molecule has 214 valence electrons. The van der Waals surface area contributed by atoms with Gasteiger partial charge in [0.25, 0.3) is 11.8 Å². The summed E-state index contributed by atoms with van der Waals surface area (Å²) in [5, 5.41) is 4.16. The molecule has 1 aromatic carbocycles. The number of fused-ring (bicyclic) bond motifs is 1. The second-order valence-electron chi connectivity index (χ2n) is 11.3. The molecule has 1 aliphatic heterocycles. The number of hydrogen-bond acceptors (Lipinski definition) is 6. The van der Waals surface area contributed by atoms with Gasteiger partial charge in [0.2, 0.25) is 0 Å². The zero-order chi connectivity index (χ0) is 28.8. The third-order valence-electron chi connectivity index (χ3n) is 7.17. The van der Waals surface area contributed by atoms with Crippen LogP contribution in [0.25, 0.3) is 0 Å². The maximum absolute atomic E-state index is 14.7. The topological polar surface area (TPSA) is 82.8 Å². The largest absolute Gasteiger partial charge is 0.361 e. The fourth-order valence-corrected chi connectivity index (χ4v) is 5.33. The molecule has 0 atom stereocenters. The highest BCUT2D eigenvalue weighted by Crippen LogP contribution is 2.29. The van der Waals surface area contributed by atoms with E-state index in [0.29, 0.717) is 52.8 Å². The van der Waals surface area contributed by atoms with Crippen molar-refractivity contribution in [3.8, 4) is 0 Å². The predicted octanol–water partition coefficient (Wildman–Crippen LogP) is 5.68. The van der Waals surface area contributed by atoms with Crippen LogP contribution in [-0.4, -0.2) is 64.5 Å². The average molecular weight is 550 g/mol. The Morgan fingerprint density at radius 3 is 2.45 bits per heavy atom. The van der Waals surface area contributed by atoms with E-state index in [1.54, 1.807) is 47.3 Å². The average Bonchev–Trinajstić information content (AvgIpc) is 3.31. The van der Waals surface area contributed by atoms with Crippen LogP contribution in [0, 0.1) is 18.7 Å². The number of hydrogen-bond donors (Lipinski definition) is 0. The van der Waals surface area contributed by atoms with E-state index in [1.165, 1.54) is 12.1 Å². The number of halogens is 1. The summed E-state index contributed by atoms with van der Waals surface area (Å²) >= 11 is 0. The summed E-state index contributed by atoms with van der Waals surface area (Å²) in [7, 11) is 0. The normalized spacial score (nSPS) is 15.6. The van der Waals surface area contributed by atoms with Crippen LogP contribution < -0.4 is 4.90 Å². The third-order valence-corrected chi connectivity index (χ3v) is 7.17. The van der Waals surface area contributed by atoms with Gasteiger partial charge in [-0.25, -0.2) is 4.39 Å². The molecule has 0 saturated carbocycles. The molecule has 2 aromatic heterocycles. The second kappa shape index (κ2) is 13.2. The van der Waals surface area contributed by atoms with Gasteiger partial charge in [0.15, 0.2) is 0 Å². The van der Waals surface area contributed by atoms with Gasteiger partial charge in [-0.1, -0.05) is 32.9 Å². The Morgan fingerprint density at radius 2 is 1.77 bits per heavy atom. The van der Waals surface area contributed by atoms with Crippen LogP contribution in [0.1, 0.15) is 84.2 Å². The van der Waals surface area contributed by atoms with Gasteiger partial charge in [-0.3, -0.25) is 14.6 Å². The van der Waals surface area contributed by atoms with Crippen molar-refractivity contribution < 1.29 is 18.5 Å². The molecule has 3 heterocycles. The van der Waals surface area contributed by atoms with E-state index in [2.05, 4.69) is 28.9 Å². The number of amides is 2. The molecule has 8 nitrogen and oxygen atoms in total. The number of rotatable bonds is 5. The summed E-state index contributed by atoms with van der Waals surface area (Å²) in [5.41, 5.74) is 2.70. The van der Waals surface area contributed by atoms with Crippen LogP contribution in [0.3, 0.4) is 0 Å². The van der Waals surface area contributed by atoms with Gasteiger partial charge in [-0.2, -0.15) is 0 Å². The minimum Gasteiger partial charge on any atom is -0.361 e. The minimum atomic E-state index is -0.417. The Kier molecular flexibility index (Phi) is 9.68. The molecule has 3 aromatic rings. The van der Waals surface area contributed by atoms with Gasteiger partial charge in [0.1, 0.15) is 17.1 Å². The number of anilines is 1. The molecule has 0 N–H and O–H groups in total. The van der Waals surface area contributed by atoms with Crippen molar-refractivity contribution in [2.24, 2.45) is 5.92 Å². The van der Waals surface area contributed by atoms with E-state index >= 15 is 0 Å². The van der Waals surface area contributed by atoms with Crippen molar-refractivity contribution in [2.45, 2.75) is 59.9 Å². The molecule has 2 amide bonds. The SMILES string of the molecule is Cc1onc(C(C)C)c1C(=O)N1CCCN(CC(C)C)CCCN(C(=O)c2cccnc2)c2ccc(F)cc2C1. The lowest BCUT2D eigenvalue weighted by Crippen LogP contribution is -2.40. The number of carbonyl (C=O) groups excluding carboxylic acids is 2. The van der Waals surface area contributed by atoms with Crippen LogP contribution in [0.15, 0.2) is 47.2 Å². The zero-order valence-electron chi connectivity index (χ0n) is 24.2. The number of carbonyl (C=O) groups is 2. The number of nitrogens with zero attached hydrogens (tertiary/aromatic N) is 5. The van der Waals surface area contributed by atoms with Gasteiger partial charge >= 0.3 is 0 Å². The first-order chi connectivity index (χ1) is 19.2. The van der Waals surface area contributed by atoms with Crippen LogP contribution in [-0.2, 0) is 6.54 Å². The van der Waals surface area contributed by atoms with Crippen molar-refractivity contribution in [3.05, 3.63) is 76.7 Å². The lowest BCUT2D eigenvalue weighted by Gasteiger charge is -2.32. The summed E-state index contributed by atoms with van der Waals surface area (Å²) in [4.78, 5) is 37.8. The fourth-order valence-electron chi connectivity index (χ4n) is 5.33.